The summed E-state index contributed by atoms with van der Waals surface area (Å²) in [6.45, 7) is 0. The van der Waals surface area contributed by atoms with Crippen molar-refractivity contribution in [2.45, 2.75) is 10.4 Å². The second kappa shape index (κ2) is 8.60. The summed E-state index contributed by atoms with van der Waals surface area (Å²) < 4.78 is 5.50. The molecule has 3 aromatic rings. The summed E-state index contributed by atoms with van der Waals surface area (Å²) in [6.07, 6.45) is 0. The highest BCUT2D eigenvalue weighted by Crippen LogP contribution is 2.22. The molecule has 0 saturated heterocycles. The lowest BCUT2D eigenvalue weighted by Crippen LogP contribution is -2.43. The lowest BCUT2D eigenvalue weighted by Gasteiger charge is -2.06. The van der Waals surface area contributed by atoms with Crippen LogP contribution in [0.5, 0.6) is 0 Å². The number of nitrogens with zero attached hydrogens (tertiary/aromatic N) is 3. The summed E-state index contributed by atoms with van der Waals surface area (Å²) >= 11 is 2.17. The molecule has 3 rings (SSSR count). The maximum absolute atomic E-state index is 11.8. The SMILES string of the molecule is Nc1cc(N)nc(SCC(=O)NNC(=O)CSc2nc3ccccc3o2)n1. The van der Waals surface area contributed by atoms with Crippen LogP contribution in [0.3, 0.4) is 0 Å². The number of amides is 2. The summed E-state index contributed by atoms with van der Waals surface area (Å²) in [7, 11) is 0. The molecular formula is C15H15N7O3S2. The van der Waals surface area contributed by atoms with Crippen molar-refractivity contribution in [2.75, 3.05) is 23.0 Å². The number of nitrogen functional groups attached to an aromatic ring is 2. The van der Waals surface area contributed by atoms with E-state index in [1.54, 1.807) is 6.07 Å². The number of oxazole rings is 1. The van der Waals surface area contributed by atoms with Crippen LogP contribution in [0.2, 0.25) is 0 Å². The molecule has 0 spiro atoms. The number of hydrazine groups is 1. The second-order valence-corrected chi connectivity index (χ2v) is 6.99. The van der Waals surface area contributed by atoms with E-state index >= 15 is 0 Å². The van der Waals surface area contributed by atoms with E-state index in [0.717, 1.165) is 29.0 Å². The molecule has 27 heavy (non-hydrogen) atoms. The standard InChI is InChI=1S/C15H15N7O3S2/c16-10-5-11(17)20-14(19-10)26-6-12(23)21-22-13(24)7-27-15-18-8-3-1-2-4-9(8)25-15/h1-5H,6-7H2,(H,21,23)(H,22,24)(H4,16,17,19,20). The van der Waals surface area contributed by atoms with Crippen molar-refractivity contribution < 1.29 is 14.0 Å². The van der Waals surface area contributed by atoms with Gasteiger partial charge in [0.25, 0.3) is 5.22 Å². The fraction of sp³-hybridized carbons (Fsp3) is 0.133. The van der Waals surface area contributed by atoms with Crippen molar-refractivity contribution in [1.82, 2.24) is 25.8 Å². The number of anilines is 2. The number of fused-ring (bicyclic) bond motifs is 1. The summed E-state index contributed by atoms with van der Waals surface area (Å²) in [4.78, 5) is 35.7. The lowest BCUT2D eigenvalue weighted by atomic mass is 10.3. The summed E-state index contributed by atoms with van der Waals surface area (Å²) in [5.41, 5.74) is 17.1. The first-order valence-corrected chi connectivity index (χ1v) is 9.55. The van der Waals surface area contributed by atoms with Gasteiger partial charge in [0.2, 0.25) is 11.8 Å². The normalized spacial score (nSPS) is 10.7. The minimum atomic E-state index is -0.426. The largest absolute Gasteiger partial charge is 0.431 e. The Morgan fingerprint density at radius 3 is 2.26 bits per heavy atom. The average Bonchev–Trinajstić information content (AvgIpc) is 3.05. The van der Waals surface area contributed by atoms with Gasteiger partial charge < -0.3 is 15.9 Å². The number of hydrogen-bond donors (Lipinski definition) is 4. The molecule has 6 N–H and O–H groups in total. The zero-order valence-corrected chi connectivity index (χ0v) is 15.5. The third-order valence-electron chi connectivity index (χ3n) is 3.02. The van der Waals surface area contributed by atoms with Crippen molar-refractivity contribution in [2.24, 2.45) is 0 Å². The fourth-order valence-corrected chi connectivity index (χ4v) is 3.22. The molecule has 0 radical (unpaired) electrons. The molecule has 2 heterocycles. The zero-order chi connectivity index (χ0) is 19.2. The first-order chi connectivity index (χ1) is 13.0. The molecule has 140 valence electrons. The van der Waals surface area contributed by atoms with E-state index in [-0.39, 0.29) is 28.3 Å². The first-order valence-electron chi connectivity index (χ1n) is 7.58. The van der Waals surface area contributed by atoms with Gasteiger partial charge in [-0.2, -0.15) is 0 Å². The number of nitrogens with two attached hydrogens (primary N) is 2. The average molecular weight is 405 g/mol. The maximum atomic E-state index is 11.8. The number of aromatic nitrogens is 3. The molecule has 0 fully saturated rings. The molecule has 0 saturated carbocycles. The molecule has 0 unspecified atom stereocenters. The highest BCUT2D eigenvalue weighted by atomic mass is 32.2. The molecule has 10 nitrogen and oxygen atoms in total. The number of thioether (sulfide) groups is 2. The minimum Gasteiger partial charge on any atom is -0.431 e. The molecule has 0 aliphatic rings. The van der Waals surface area contributed by atoms with Gasteiger partial charge in [0.15, 0.2) is 10.7 Å². The van der Waals surface area contributed by atoms with Gasteiger partial charge in [-0.15, -0.1) is 0 Å². The molecule has 0 atom stereocenters. The molecule has 2 amide bonds. The van der Waals surface area contributed by atoms with Crippen molar-refractivity contribution in [3.8, 4) is 0 Å². The predicted molar refractivity (Wildman–Crippen MR) is 103 cm³/mol. The molecule has 1 aromatic carbocycles. The number of carbonyl (C=O) groups is 2. The molecule has 0 bridgehead atoms. The Kier molecular flexibility index (Phi) is 5.98. The van der Waals surface area contributed by atoms with Crippen molar-refractivity contribution in [3.63, 3.8) is 0 Å². The monoisotopic (exact) mass is 405 g/mol. The maximum Gasteiger partial charge on any atom is 0.257 e. The van der Waals surface area contributed by atoms with Crippen molar-refractivity contribution in [3.05, 3.63) is 30.3 Å². The number of benzene rings is 1. The minimum absolute atomic E-state index is 0.0125. The van der Waals surface area contributed by atoms with Crippen molar-refractivity contribution >= 4 is 58.1 Å². The van der Waals surface area contributed by atoms with E-state index in [2.05, 4.69) is 25.8 Å². The molecule has 12 heteroatoms. The van der Waals surface area contributed by atoms with Crippen LogP contribution >= 0.6 is 23.5 Å². The van der Waals surface area contributed by atoms with Crippen LogP contribution in [0.1, 0.15) is 0 Å². The zero-order valence-electron chi connectivity index (χ0n) is 13.8. The molecule has 0 aliphatic carbocycles. The first kappa shape index (κ1) is 18.8. The fourth-order valence-electron chi connectivity index (χ4n) is 1.91. The van der Waals surface area contributed by atoms with E-state index in [1.807, 2.05) is 18.2 Å². The van der Waals surface area contributed by atoms with Crippen molar-refractivity contribution in [1.29, 1.82) is 0 Å². The van der Waals surface area contributed by atoms with Gasteiger partial charge in [-0.05, 0) is 12.1 Å². The Hall–Kier alpha value is -2.99. The Labute approximate surface area is 161 Å². The third-order valence-corrected chi connectivity index (χ3v) is 4.70. The predicted octanol–water partition coefficient (Wildman–Crippen LogP) is 0.814. The van der Waals surface area contributed by atoms with E-state index in [0.29, 0.717) is 10.8 Å². The number of carbonyl (C=O) groups excluding carboxylic acids is 2. The summed E-state index contributed by atoms with van der Waals surface area (Å²) in [5, 5.41) is 0.658. The number of rotatable bonds is 6. The Bertz CT molecular complexity index is 926. The molecular weight excluding hydrogens is 390 g/mol. The van der Waals surface area contributed by atoms with Gasteiger partial charge in [-0.1, -0.05) is 35.7 Å². The quantitative estimate of drug-likeness (QED) is 0.262. The van der Waals surface area contributed by atoms with Crippen LogP contribution in [0.25, 0.3) is 11.1 Å². The van der Waals surface area contributed by atoms with Gasteiger partial charge >= 0.3 is 0 Å². The van der Waals surface area contributed by atoms with Gasteiger partial charge in [0, 0.05) is 6.07 Å². The van der Waals surface area contributed by atoms with E-state index in [9.17, 15) is 9.59 Å². The Morgan fingerprint density at radius 1 is 0.963 bits per heavy atom. The van der Waals surface area contributed by atoms with Crippen LogP contribution < -0.4 is 22.3 Å². The summed E-state index contributed by atoms with van der Waals surface area (Å²) in [5.74, 6) is -0.365. The van der Waals surface area contributed by atoms with E-state index in [4.69, 9.17) is 15.9 Å². The van der Waals surface area contributed by atoms with E-state index < -0.39 is 11.8 Å². The van der Waals surface area contributed by atoms with Gasteiger partial charge in [0.1, 0.15) is 17.2 Å². The van der Waals surface area contributed by atoms with Gasteiger partial charge in [-0.25, -0.2) is 15.0 Å². The Morgan fingerprint density at radius 2 is 1.59 bits per heavy atom. The van der Waals surface area contributed by atoms with Crippen LogP contribution in [0.4, 0.5) is 11.6 Å². The lowest BCUT2D eigenvalue weighted by molar-refractivity contribution is -0.126. The summed E-state index contributed by atoms with van der Waals surface area (Å²) in [6, 6.07) is 8.72. The highest BCUT2D eigenvalue weighted by Gasteiger charge is 2.11. The topological polar surface area (TPSA) is 162 Å². The van der Waals surface area contributed by atoms with Crippen LogP contribution in [-0.2, 0) is 9.59 Å². The van der Waals surface area contributed by atoms with E-state index in [1.165, 1.54) is 6.07 Å². The number of nitrogens with one attached hydrogen (secondary N) is 2. The van der Waals surface area contributed by atoms with Crippen LogP contribution in [0, 0.1) is 0 Å². The Balaban J connectivity index is 1.39. The second-order valence-electron chi connectivity index (χ2n) is 5.12. The molecule has 2 aromatic heterocycles. The van der Waals surface area contributed by atoms with Gasteiger partial charge in [-0.3, -0.25) is 20.4 Å². The van der Waals surface area contributed by atoms with Gasteiger partial charge in [0.05, 0.1) is 11.5 Å². The van der Waals surface area contributed by atoms with Crippen LogP contribution in [0.15, 0.2) is 45.1 Å². The highest BCUT2D eigenvalue weighted by molar-refractivity contribution is 8.00. The number of para-hydroxylation sites is 2. The number of hydrogen-bond acceptors (Lipinski definition) is 10. The third kappa shape index (κ3) is 5.49. The molecule has 0 aliphatic heterocycles. The smallest absolute Gasteiger partial charge is 0.257 e. The van der Waals surface area contributed by atoms with Crippen LogP contribution in [-0.4, -0.2) is 38.3 Å².